The van der Waals surface area contributed by atoms with Gasteiger partial charge in [-0.3, -0.25) is 14.5 Å². The zero-order chi connectivity index (χ0) is 33.8. The maximum atomic E-state index is 13.8. The van der Waals surface area contributed by atoms with E-state index < -0.39 is 16.1 Å². The molecule has 2 amide bonds. The second kappa shape index (κ2) is 14.5. The summed E-state index contributed by atoms with van der Waals surface area (Å²) < 4.78 is 35.8. The van der Waals surface area contributed by atoms with Crippen LogP contribution in [0.1, 0.15) is 51.7 Å². The molecular formula is C34H46N8O5S. The van der Waals surface area contributed by atoms with Gasteiger partial charge < -0.3 is 24.4 Å². The van der Waals surface area contributed by atoms with E-state index in [4.69, 9.17) is 4.42 Å². The number of benzene rings is 1. The Hall–Kier alpha value is -4.17. The number of carbonyl (C=O) groups excluding carboxylic acids is 2. The van der Waals surface area contributed by atoms with E-state index in [9.17, 15) is 18.0 Å². The van der Waals surface area contributed by atoms with Crippen molar-refractivity contribution >= 4 is 50.3 Å². The molecule has 1 atom stereocenters. The van der Waals surface area contributed by atoms with Crippen LogP contribution < -0.4 is 14.9 Å². The number of fused-ring (bicyclic) bond motifs is 1. The molecule has 2 aromatic heterocycles. The van der Waals surface area contributed by atoms with Gasteiger partial charge in [0.05, 0.1) is 6.54 Å². The van der Waals surface area contributed by atoms with Gasteiger partial charge in [-0.05, 0) is 89.3 Å². The average molecular weight is 679 g/mol. The number of likely N-dealkylation sites (tertiary alicyclic amines) is 2. The van der Waals surface area contributed by atoms with Crippen LogP contribution in [-0.4, -0.2) is 110 Å². The Morgan fingerprint density at radius 1 is 1.00 bits per heavy atom. The summed E-state index contributed by atoms with van der Waals surface area (Å²) in [6.07, 6.45) is 5.18. The first-order chi connectivity index (χ1) is 23.1. The normalized spacial score (nSPS) is 20.1. The second-order valence-electron chi connectivity index (χ2n) is 13.1. The number of nitrogens with zero attached hydrogens (tertiary/aromatic N) is 6. The zero-order valence-corrected chi connectivity index (χ0v) is 28.8. The van der Waals surface area contributed by atoms with Crippen LogP contribution >= 0.6 is 0 Å². The zero-order valence-electron chi connectivity index (χ0n) is 28.0. The van der Waals surface area contributed by atoms with Crippen LogP contribution in [0.15, 0.2) is 56.9 Å². The minimum absolute atomic E-state index is 0.000385. The van der Waals surface area contributed by atoms with Crippen LogP contribution in [0.4, 0.5) is 11.5 Å². The molecule has 0 unspecified atom stereocenters. The molecule has 2 N–H and O–H groups in total. The summed E-state index contributed by atoms with van der Waals surface area (Å²) in [5.41, 5.74) is 1.27. The Morgan fingerprint density at radius 2 is 1.75 bits per heavy atom. The second-order valence-corrected chi connectivity index (χ2v) is 14.8. The summed E-state index contributed by atoms with van der Waals surface area (Å²) in [6.45, 7) is 11.6. The lowest BCUT2D eigenvalue weighted by Crippen LogP contribution is -2.49. The van der Waals surface area contributed by atoms with Crippen molar-refractivity contribution in [2.45, 2.75) is 69.9 Å². The molecule has 0 saturated carbocycles. The summed E-state index contributed by atoms with van der Waals surface area (Å²) in [7, 11) is -4.14. The number of aliphatic imine (C=N–C) groups is 1. The monoisotopic (exact) mass is 678 g/mol. The molecule has 0 spiro atoms. The molecule has 3 saturated heterocycles. The predicted octanol–water partition coefficient (Wildman–Crippen LogP) is 3.42. The summed E-state index contributed by atoms with van der Waals surface area (Å²) in [4.78, 5) is 43.8. The average Bonchev–Trinajstić information content (AvgIpc) is 3.71. The van der Waals surface area contributed by atoms with Gasteiger partial charge in [0.2, 0.25) is 17.8 Å². The minimum Gasteiger partial charge on any atom is -0.461 e. The molecule has 258 valence electrons. The highest BCUT2D eigenvalue weighted by Crippen LogP contribution is 2.24. The number of guanidine groups is 1. The lowest BCUT2D eigenvalue weighted by Gasteiger charge is -2.37. The van der Waals surface area contributed by atoms with Gasteiger partial charge in [-0.1, -0.05) is 0 Å². The third kappa shape index (κ3) is 7.92. The van der Waals surface area contributed by atoms with E-state index >= 15 is 0 Å². The Labute approximate surface area is 282 Å². The Balaban J connectivity index is 1.23. The van der Waals surface area contributed by atoms with Crippen molar-refractivity contribution in [3.8, 4) is 0 Å². The fraction of sp³-hybridized carbons (Fsp3) is 0.529. The molecule has 14 heteroatoms. The lowest BCUT2D eigenvalue weighted by molar-refractivity contribution is -0.140. The molecule has 13 nitrogen and oxygen atoms in total. The number of amides is 2. The smallest absolute Gasteiger partial charge is 0.265 e. The fourth-order valence-corrected chi connectivity index (χ4v) is 7.51. The van der Waals surface area contributed by atoms with E-state index in [0.29, 0.717) is 49.8 Å². The van der Waals surface area contributed by atoms with Gasteiger partial charge >= 0.3 is 0 Å². The van der Waals surface area contributed by atoms with Crippen molar-refractivity contribution in [2.24, 2.45) is 4.99 Å². The van der Waals surface area contributed by atoms with Crippen LogP contribution in [0.2, 0.25) is 0 Å². The summed E-state index contributed by atoms with van der Waals surface area (Å²) in [5.74, 6) is 1.03. The molecule has 3 aromatic rings. The molecule has 3 aliphatic rings. The molecule has 3 fully saturated rings. The molecule has 6 rings (SSSR count). The van der Waals surface area contributed by atoms with Crippen LogP contribution in [0.25, 0.3) is 11.0 Å². The first-order valence-electron chi connectivity index (χ1n) is 17.0. The Bertz CT molecular complexity index is 1740. The number of hydrogen-bond acceptors (Lipinski definition) is 9. The van der Waals surface area contributed by atoms with Crippen LogP contribution in [-0.2, 0) is 19.6 Å². The number of furan rings is 1. The van der Waals surface area contributed by atoms with Crippen LogP contribution in [0.5, 0.6) is 0 Å². The first-order valence-corrected chi connectivity index (χ1v) is 18.4. The van der Waals surface area contributed by atoms with Crippen LogP contribution in [0.3, 0.4) is 0 Å². The van der Waals surface area contributed by atoms with Gasteiger partial charge in [0.1, 0.15) is 28.1 Å². The fourth-order valence-electron chi connectivity index (χ4n) is 6.59. The molecule has 0 aliphatic carbocycles. The van der Waals surface area contributed by atoms with Gasteiger partial charge in [0, 0.05) is 69.1 Å². The van der Waals surface area contributed by atoms with Crippen molar-refractivity contribution in [3.05, 3.63) is 48.4 Å². The van der Waals surface area contributed by atoms with Gasteiger partial charge in [0.25, 0.3) is 10.0 Å². The molecular weight excluding hydrogens is 632 g/mol. The largest absolute Gasteiger partial charge is 0.461 e. The number of carbonyl (C=O) groups is 2. The highest BCUT2D eigenvalue weighted by Gasteiger charge is 2.31. The van der Waals surface area contributed by atoms with Crippen molar-refractivity contribution in [2.75, 3.05) is 62.6 Å². The molecule has 1 aromatic carbocycles. The maximum absolute atomic E-state index is 13.8. The van der Waals surface area contributed by atoms with Crippen molar-refractivity contribution in [1.29, 1.82) is 0 Å². The number of aromatic nitrogens is 1. The third-order valence-electron chi connectivity index (χ3n) is 9.36. The number of aryl methyl sites for hydroxylation is 1. The maximum Gasteiger partial charge on any atom is 0.265 e. The van der Waals surface area contributed by atoms with Crippen LogP contribution in [0, 0.1) is 6.92 Å². The number of sulfonamides is 1. The number of anilines is 2. The van der Waals surface area contributed by atoms with Crippen molar-refractivity contribution < 1.29 is 22.4 Å². The topological polar surface area (TPSA) is 144 Å². The van der Waals surface area contributed by atoms with E-state index in [0.717, 1.165) is 62.4 Å². The molecule has 0 bridgehead atoms. The highest BCUT2D eigenvalue weighted by molar-refractivity contribution is 7.90. The third-order valence-corrected chi connectivity index (χ3v) is 10.7. The Kier molecular flexibility index (Phi) is 10.2. The van der Waals surface area contributed by atoms with Gasteiger partial charge in [-0.2, -0.15) is 0 Å². The summed E-state index contributed by atoms with van der Waals surface area (Å²) in [6, 6.07) is 10.2. The van der Waals surface area contributed by atoms with Gasteiger partial charge in [-0.25, -0.2) is 23.1 Å². The van der Waals surface area contributed by atoms with E-state index in [1.165, 1.54) is 6.20 Å². The molecule has 5 heterocycles. The van der Waals surface area contributed by atoms with Gasteiger partial charge in [0.15, 0.2) is 0 Å². The summed E-state index contributed by atoms with van der Waals surface area (Å²) >= 11 is 0. The quantitative estimate of drug-likeness (QED) is 0.271. The SMILES string of the molecule is Cc1cc2cc(NC(=N[C@H]3CCCCN(CC(=O)N4CCCC4)C3=O)NS(=O)(=O)c3ccc(N4CCN(C(C)C)CC4)nc3)ccc2o1. The van der Waals surface area contributed by atoms with Crippen molar-refractivity contribution in [3.63, 3.8) is 0 Å². The molecule has 0 radical (unpaired) electrons. The number of piperazine rings is 1. The predicted molar refractivity (Wildman–Crippen MR) is 186 cm³/mol. The molecule has 48 heavy (non-hydrogen) atoms. The van der Waals surface area contributed by atoms with E-state index in [1.807, 2.05) is 19.1 Å². The number of nitrogens with one attached hydrogen (secondary N) is 2. The highest BCUT2D eigenvalue weighted by atomic mass is 32.2. The minimum atomic E-state index is -4.14. The Morgan fingerprint density at radius 3 is 2.46 bits per heavy atom. The van der Waals surface area contributed by atoms with E-state index in [-0.39, 0.29) is 29.2 Å². The first kappa shape index (κ1) is 33.7. The molecule has 3 aliphatic heterocycles. The van der Waals surface area contributed by atoms with Crippen molar-refractivity contribution in [1.82, 2.24) is 24.4 Å². The van der Waals surface area contributed by atoms with Gasteiger partial charge in [-0.15, -0.1) is 0 Å². The lowest BCUT2D eigenvalue weighted by atomic mass is 10.1. The van der Waals surface area contributed by atoms with E-state index in [2.05, 4.69) is 43.7 Å². The number of rotatable bonds is 8. The summed E-state index contributed by atoms with van der Waals surface area (Å²) in [5, 5.41) is 3.95. The van der Waals surface area contributed by atoms with E-state index in [1.54, 1.807) is 34.1 Å². The standard InChI is InChI=1S/C34H46N8O5S/c1-24(2)39-16-18-40(19-17-39)31-12-10-28(22-35-31)48(45,46)38-34(36-27-9-11-30-26(21-27)20-25(3)47-30)37-29-8-4-5-15-42(33(29)44)23-32(43)41-13-6-7-14-41/h9-12,20-22,24,29H,4-8,13-19,23H2,1-3H3,(H2,36,37,38)/t29-/m0/s1. The number of pyridine rings is 1. The number of hydrogen-bond donors (Lipinski definition) is 2.